The van der Waals surface area contributed by atoms with Crippen molar-refractivity contribution in [2.24, 2.45) is 0 Å². The lowest BCUT2D eigenvalue weighted by Crippen LogP contribution is -2.03. The van der Waals surface area contributed by atoms with Crippen LogP contribution in [0.1, 0.15) is 11.4 Å². The summed E-state index contributed by atoms with van der Waals surface area (Å²) in [5.41, 5.74) is 8.36. The number of aromatic nitrogens is 2. The van der Waals surface area contributed by atoms with Crippen molar-refractivity contribution in [2.45, 2.75) is 6.61 Å². The van der Waals surface area contributed by atoms with Gasteiger partial charge in [0.25, 0.3) is 0 Å². The zero-order chi connectivity index (χ0) is 16.1. The maximum Gasteiger partial charge on any atom is 0.168 e. The molecule has 0 saturated heterocycles. The Morgan fingerprint density at radius 1 is 0.957 bits per heavy atom. The molecular weight excluding hydrogens is 288 g/mol. The highest BCUT2D eigenvalue weighted by Crippen LogP contribution is 2.23. The molecule has 0 aliphatic heterocycles. The van der Waals surface area contributed by atoms with E-state index >= 15 is 0 Å². The summed E-state index contributed by atoms with van der Waals surface area (Å²) in [6, 6.07) is 18.9. The first-order chi connectivity index (χ1) is 11.2. The van der Waals surface area contributed by atoms with Crippen LogP contribution in [-0.4, -0.2) is 9.97 Å². The largest absolute Gasteiger partial charge is 0.486 e. The van der Waals surface area contributed by atoms with Gasteiger partial charge in [0.05, 0.1) is 11.6 Å². The van der Waals surface area contributed by atoms with Gasteiger partial charge in [0, 0.05) is 6.20 Å². The summed E-state index contributed by atoms with van der Waals surface area (Å²) in [6.07, 6.45) is 1.61. The molecule has 5 heteroatoms. The fourth-order valence-electron chi connectivity index (χ4n) is 2.11. The molecule has 112 valence electrons. The van der Waals surface area contributed by atoms with Gasteiger partial charge in [0.2, 0.25) is 0 Å². The third-order valence-electron chi connectivity index (χ3n) is 3.30. The van der Waals surface area contributed by atoms with Gasteiger partial charge in [-0.3, -0.25) is 0 Å². The van der Waals surface area contributed by atoms with Crippen LogP contribution in [0.25, 0.3) is 11.1 Å². The Bertz CT molecular complexity index is 836. The molecule has 0 radical (unpaired) electrons. The quantitative estimate of drug-likeness (QED) is 0.800. The topological polar surface area (TPSA) is 84.8 Å². The summed E-state index contributed by atoms with van der Waals surface area (Å²) >= 11 is 0. The van der Waals surface area contributed by atoms with E-state index in [2.05, 4.69) is 16.0 Å². The van der Waals surface area contributed by atoms with E-state index in [0.29, 0.717) is 17.2 Å². The maximum absolute atomic E-state index is 8.82. The van der Waals surface area contributed by atoms with E-state index in [1.165, 1.54) is 0 Å². The second-order valence-corrected chi connectivity index (χ2v) is 4.90. The minimum Gasteiger partial charge on any atom is -0.486 e. The Hall–Kier alpha value is -3.39. The first-order valence-corrected chi connectivity index (χ1v) is 7.05. The number of nitrogens with zero attached hydrogens (tertiary/aromatic N) is 3. The summed E-state index contributed by atoms with van der Waals surface area (Å²) in [6.45, 7) is 0.265. The average Bonchev–Trinajstić information content (AvgIpc) is 2.61. The van der Waals surface area contributed by atoms with E-state index in [0.717, 1.165) is 16.9 Å². The molecule has 5 nitrogen and oxygen atoms in total. The summed E-state index contributed by atoms with van der Waals surface area (Å²) < 4.78 is 5.65. The minimum absolute atomic E-state index is 0.265. The molecule has 0 amide bonds. The number of nitrogens with two attached hydrogens (primary N) is 1. The van der Waals surface area contributed by atoms with E-state index in [4.69, 9.17) is 15.7 Å². The van der Waals surface area contributed by atoms with Gasteiger partial charge in [-0.15, -0.1) is 0 Å². The zero-order valence-electron chi connectivity index (χ0n) is 12.3. The molecule has 2 N–H and O–H groups in total. The second kappa shape index (κ2) is 6.58. The van der Waals surface area contributed by atoms with E-state index in [1.807, 2.05) is 36.4 Å². The molecule has 2 aromatic carbocycles. The van der Waals surface area contributed by atoms with Gasteiger partial charge in [-0.05, 0) is 41.5 Å². The fraction of sp³-hybridized carbons (Fsp3) is 0.0556. The Morgan fingerprint density at radius 2 is 1.61 bits per heavy atom. The van der Waals surface area contributed by atoms with Gasteiger partial charge in [-0.2, -0.15) is 5.26 Å². The lowest BCUT2D eigenvalue weighted by atomic mass is 10.0. The van der Waals surface area contributed by atoms with E-state index in [-0.39, 0.29) is 6.61 Å². The predicted molar refractivity (Wildman–Crippen MR) is 87.4 cm³/mol. The summed E-state index contributed by atoms with van der Waals surface area (Å²) in [7, 11) is 0. The molecule has 1 aromatic heterocycles. The Morgan fingerprint density at radius 3 is 2.22 bits per heavy atom. The smallest absolute Gasteiger partial charge is 0.168 e. The lowest BCUT2D eigenvalue weighted by molar-refractivity contribution is 0.296. The van der Waals surface area contributed by atoms with Gasteiger partial charge in [0.15, 0.2) is 5.82 Å². The number of benzene rings is 2. The molecule has 0 saturated carbocycles. The van der Waals surface area contributed by atoms with Crippen LogP contribution in [0.5, 0.6) is 5.75 Å². The first-order valence-electron chi connectivity index (χ1n) is 7.05. The first kappa shape index (κ1) is 14.5. The Labute approximate surface area is 134 Å². The molecule has 3 aromatic rings. The molecule has 0 aliphatic rings. The van der Waals surface area contributed by atoms with Gasteiger partial charge in [0.1, 0.15) is 18.2 Å². The van der Waals surface area contributed by atoms with Gasteiger partial charge < -0.3 is 10.5 Å². The van der Waals surface area contributed by atoms with E-state index in [9.17, 15) is 0 Å². The van der Waals surface area contributed by atoms with Crippen LogP contribution < -0.4 is 10.5 Å². The van der Waals surface area contributed by atoms with Crippen LogP contribution in [0.3, 0.4) is 0 Å². The van der Waals surface area contributed by atoms with E-state index in [1.54, 1.807) is 24.4 Å². The second-order valence-electron chi connectivity index (χ2n) is 4.90. The fourth-order valence-corrected chi connectivity index (χ4v) is 2.11. The highest BCUT2D eigenvalue weighted by atomic mass is 16.5. The van der Waals surface area contributed by atoms with Crippen molar-refractivity contribution >= 4 is 5.82 Å². The van der Waals surface area contributed by atoms with Crippen molar-refractivity contribution < 1.29 is 4.74 Å². The lowest BCUT2D eigenvalue weighted by Gasteiger charge is -2.07. The molecule has 1 heterocycles. The number of rotatable bonds is 4. The normalized spacial score (nSPS) is 10.0. The average molecular weight is 302 g/mol. The van der Waals surface area contributed by atoms with Crippen molar-refractivity contribution in [2.75, 3.05) is 5.73 Å². The van der Waals surface area contributed by atoms with Crippen LogP contribution in [-0.2, 0) is 6.61 Å². The summed E-state index contributed by atoms with van der Waals surface area (Å²) in [5.74, 6) is 1.70. The molecule has 0 spiro atoms. The Kier molecular flexibility index (Phi) is 4.16. The third kappa shape index (κ3) is 3.63. The number of hydrogen-bond acceptors (Lipinski definition) is 5. The SMILES string of the molecule is N#Cc1ccc(-c2ccc(OCc3nccc(N)n3)cc2)cc1. The predicted octanol–water partition coefficient (Wildman–Crippen LogP) is 3.18. The molecule has 0 bridgehead atoms. The van der Waals surface area contributed by atoms with E-state index < -0.39 is 0 Å². The van der Waals surface area contributed by atoms with Gasteiger partial charge in [-0.1, -0.05) is 24.3 Å². The van der Waals surface area contributed by atoms with Crippen LogP contribution in [0.15, 0.2) is 60.8 Å². The number of hydrogen-bond donors (Lipinski definition) is 1. The molecule has 0 fully saturated rings. The Balaban J connectivity index is 1.68. The number of anilines is 1. The molecule has 0 aliphatic carbocycles. The molecule has 0 unspecified atom stereocenters. The molecule has 0 atom stereocenters. The molecular formula is C18H14N4O. The summed E-state index contributed by atoms with van der Waals surface area (Å²) in [4.78, 5) is 8.18. The van der Waals surface area contributed by atoms with Crippen LogP contribution in [0, 0.1) is 11.3 Å². The standard InChI is InChI=1S/C18H14N4O/c19-11-13-1-3-14(4-2-13)15-5-7-16(8-6-15)23-12-18-21-10-9-17(20)22-18/h1-10H,12H2,(H2,20,21,22). The number of nitriles is 1. The third-order valence-corrected chi connectivity index (χ3v) is 3.30. The van der Waals surface area contributed by atoms with Crippen molar-refractivity contribution in [3.8, 4) is 22.9 Å². The monoisotopic (exact) mass is 302 g/mol. The number of ether oxygens (including phenoxy) is 1. The van der Waals surface area contributed by atoms with Crippen LogP contribution in [0.2, 0.25) is 0 Å². The van der Waals surface area contributed by atoms with Crippen LogP contribution >= 0.6 is 0 Å². The minimum atomic E-state index is 0.265. The molecule has 3 rings (SSSR count). The van der Waals surface area contributed by atoms with Gasteiger partial charge in [-0.25, -0.2) is 9.97 Å². The van der Waals surface area contributed by atoms with Crippen LogP contribution in [0.4, 0.5) is 5.82 Å². The number of nitrogen functional groups attached to an aromatic ring is 1. The highest BCUT2D eigenvalue weighted by molar-refractivity contribution is 5.64. The summed E-state index contributed by atoms with van der Waals surface area (Å²) in [5, 5.41) is 8.82. The van der Waals surface area contributed by atoms with Crippen molar-refractivity contribution in [1.29, 1.82) is 5.26 Å². The van der Waals surface area contributed by atoms with Gasteiger partial charge >= 0.3 is 0 Å². The molecule has 23 heavy (non-hydrogen) atoms. The zero-order valence-corrected chi connectivity index (χ0v) is 12.3. The van der Waals surface area contributed by atoms with Crippen molar-refractivity contribution in [3.05, 3.63) is 72.2 Å². The maximum atomic E-state index is 8.82. The van der Waals surface area contributed by atoms with Crippen molar-refractivity contribution in [1.82, 2.24) is 9.97 Å². The van der Waals surface area contributed by atoms with Crippen molar-refractivity contribution in [3.63, 3.8) is 0 Å². The highest BCUT2D eigenvalue weighted by Gasteiger charge is 2.02.